The van der Waals surface area contributed by atoms with Gasteiger partial charge in [-0.2, -0.15) is 0 Å². The van der Waals surface area contributed by atoms with Gasteiger partial charge < -0.3 is 19.9 Å². The van der Waals surface area contributed by atoms with Crippen molar-refractivity contribution in [2.75, 3.05) is 18.5 Å². The number of hydrogen-bond donors (Lipinski definition) is 2. The fraction of sp³-hybridized carbons (Fsp3) is 0.278. The van der Waals surface area contributed by atoms with Crippen LogP contribution in [0.5, 0.6) is 11.5 Å². The van der Waals surface area contributed by atoms with Crippen LogP contribution >= 0.6 is 0 Å². The number of carbonyl (C=O) groups is 1. The van der Waals surface area contributed by atoms with Gasteiger partial charge in [0.25, 0.3) is 5.91 Å². The van der Waals surface area contributed by atoms with Crippen molar-refractivity contribution in [3.05, 3.63) is 54.1 Å². The quantitative estimate of drug-likeness (QED) is 0.786. The van der Waals surface area contributed by atoms with Gasteiger partial charge >= 0.3 is 0 Å². The van der Waals surface area contributed by atoms with Crippen molar-refractivity contribution in [2.45, 2.75) is 20.0 Å². The molecule has 2 N–H and O–H groups in total. The summed E-state index contributed by atoms with van der Waals surface area (Å²) in [6.07, 6.45) is 0.954. The molecule has 5 nitrogen and oxygen atoms in total. The van der Waals surface area contributed by atoms with Gasteiger partial charge in [-0.05, 0) is 48.4 Å². The van der Waals surface area contributed by atoms with Crippen molar-refractivity contribution in [2.24, 2.45) is 0 Å². The summed E-state index contributed by atoms with van der Waals surface area (Å²) < 4.78 is 10.9. The van der Waals surface area contributed by atoms with E-state index in [4.69, 9.17) is 14.6 Å². The summed E-state index contributed by atoms with van der Waals surface area (Å²) in [5, 5.41) is 11.8. The van der Waals surface area contributed by atoms with Crippen molar-refractivity contribution in [3.63, 3.8) is 0 Å². The largest absolute Gasteiger partial charge is 0.494 e. The number of amides is 1. The highest BCUT2D eigenvalue weighted by molar-refractivity contribution is 5.91. The maximum absolute atomic E-state index is 11.9. The molecule has 0 fully saturated rings. The monoisotopic (exact) mass is 315 g/mol. The minimum atomic E-state index is -0.258. The van der Waals surface area contributed by atoms with Gasteiger partial charge in [-0.1, -0.05) is 19.1 Å². The van der Waals surface area contributed by atoms with E-state index in [1.165, 1.54) is 0 Å². The molecule has 0 aliphatic heterocycles. The van der Waals surface area contributed by atoms with E-state index in [9.17, 15) is 4.79 Å². The van der Waals surface area contributed by atoms with Crippen LogP contribution in [0.15, 0.2) is 48.5 Å². The first-order valence-corrected chi connectivity index (χ1v) is 7.56. The number of rotatable bonds is 8. The van der Waals surface area contributed by atoms with Crippen molar-refractivity contribution in [3.8, 4) is 11.5 Å². The molecule has 1 amide bonds. The Labute approximate surface area is 135 Å². The molecule has 0 heterocycles. The molecule has 0 unspecified atom stereocenters. The first-order chi connectivity index (χ1) is 11.2. The maximum atomic E-state index is 11.9. The zero-order valence-corrected chi connectivity index (χ0v) is 13.1. The molecule has 122 valence electrons. The standard InChI is InChI=1S/C18H21NO4/c1-2-10-22-16-6-8-17(9-7-16)23-13-18(21)19-15-5-3-4-14(11-15)12-20/h3-9,11,20H,2,10,12-13H2,1H3,(H,19,21). The molecule has 0 saturated heterocycles. The van der Waals surface area contributed by atoms with Crippen LogP contribution in [0, 0.1) is 0 Å². The first kappa shape index (κ1) is 16.8. The minimum Gasteiger partial charge on any atom is -0.494 e. The first-order valence-electron chi connectivity index (χ1n) is 7.56. The van der Waals surface area contributed by atoms with Gasteiger partial charge in [0.1, 0.15) is 11.5 Å². The second-order valence-electron chi connectivity index (χ2n) is 5.02. The highest BCUT2D eigenvalue weighted by atomic mass is 16.5. The van der Waals surface area contributed by atoms with Crippen LogP contribution in [0.2, 0.25) is 0 Å². The topological polar surface area (TPSA) is 67.8 Å². The molecule has 0 aliphatic rings. The van der Waals surface area contributed by atoms with Crippen molar-refractivity contribution in [1.82, 2.24) is 0 Å². The predicted molar refractivity (Wildman–Crippen MR) is 88.7 cm³/mol. The number of aliphatic hydroxyl groups is 1. The Morgan fingerprint density at radius 1 is 1.09 bits per heavy atom. The molecule has 0 atom stereocenters. The molecule has 0 aromatic heterocycles. The molecule has 0 aliphatic carbocycles. The van der Waals surface area contributed by atoms with E-state index in [1.54, 1.807) is 36.4 Å². The van der Waals surface area contributed by atoms with Gasteiger partial charge in [0.05, 0.1) is 13.2 Å². The second-order valence-corrected chi connectivity index (χ2v) is 5.02. The van der Waals surface area contributed by atoms with E-state index in [2.05, 4.69) is 5.32 Å². The van der Waals surface area contributed by atoms with E-state index in [0.717, 1.165) is 17.7 Å². The molecule has 0 spiro atoms. The summed E-state index contributed by atoms with van der Waals surface area (Å²) >= 11 is 0. The minimum absolute atomic E-state index is 0.0628. The van der Waals surface area contributed by atoms with Crippen LogP contribution in [0.25, 0.3) is 0 Å². The van der Waals surface area contributed by atoms with Crippen LogP contribution in [-0.4, -0.2) is 24.2 Å². The Kier molecular flexibility index (Phi) is 6.44. The van der Waals surface area contributed by atoms with Gasteiger partial charge in [0.2, 0.25) is 0 Å². The number of anilines is 1. The molecule has 2 rings (SSSR count). The van der Waals surface area contributed by atoms with Crippen molar-refractivity contribution in [1.29, 1.82) is 0 Å². The molecule has 0 radical (unpaired) electrons. The van der Waals surface area contributed by atoms with Crippen LogP contribution in [0.1, 0.15) is 18.9 Å². The number of ether oxygens (including phenoxy) is 2. The lowest BCUT2D eigenvalue weighted by atomic mass is 10.2. The van der Waals surface area contributed by atoms with Gasteiger partial charge in [-0.15, -0.1) is 0 Å². The number of nitrogens with one attached hydrogen (secondary N) is 1. The van der Waals surface area contributed by atoms with Gasteiger partial charge in [-0.3, -0.25) is 4.79 Å². The third kappa shape index (κ3) is 5.64. The molecule has 0 bridgehead atoms. The van der Waals surface area contributed by atoms with E-state index in [1.807, 2.05) is 19.1 Å². The van der Waals surface area contributed by atoms with E-state index in [-0.39, 0.29) is 19.1 Å². The fourth-order valence-electron chi connectivity index (χ4n) is 1.95. The number of hydrogen-bond acceptors (Lipinski definition) is 4. The summed E-state index contributed by atoms with van der Waals surface area (Å²) in [5.74, 6) is 1.13. The average molecular weight is 315 g/mol. The maximum Gasteiger partial charge on any atom is 0.262 e. The highest BCUT2D eigenvalue weighted by Crippen LogP contribution is 2.18. The Bertz CT molecular complexity index is 625. The normalized spacial score (nSPS) is 10.2. The van der Waals surface area contributed by atoms with E-state index >= 15 is 0 Å². The summed E-state index contributed by atoms with van der Waals surface area (Å²) in [6.45, 7) is 2.58. The number of carbonyl (C=O) groups excluding carboxylic acids is 1. The Morgan fingerprint density at radius 3 is 2.43 bits per heavy atom. The van der Waals surface area contributed by atoms with Crippen LogP contribution < -0.4 is 14.8 Å². The van der Waals surface area contributed by atoms with Crippen molar-refractivity contribution < 1.29 is 19.4 Å². The van der Waals surface area contributed by atoms with Crippen LogP contribution in [0.4, 0.5) is 5.69 Å². The Balaban J connectivity index is 1.81. The molecular formula is C18H21NO4. The SMILES string of the molecule is CCCOc1ccc(OCC(=O)Nc2cccc(CO)c2)cc1. The average Bonchev–Trinajstić information content (AvgIpc) is 2.59. The summed E-state index contributed by atoms with van der Waals surface area (Å²) in [7, 11) is 0. The zero-order chi connectivity index (χ0) is 16.5. The van der Waals surface area contributed by atoms with Crippen LogP contribution in [0.3, 0.4) is 0 Å². The molecule has 23 heavy (non-hydrogen) atoms. The molecule has 0 saturated carbocycles. The number of benzene rings is 2. The molecule has 5 heteroatoms. The smallest absolute Gasteiger partial charge is 0.262 e. The fourth-order valence-corrected chi connectivity index (χ4v) is 1.95. The lowest BCUT2D eigenvalue weighted by Crippen LogP contribution is -2.20. The Morgan fingerprint density at radius 2 is 1.78 bits per heavy atom. The highest BCUT2D eigenvalue weighted by Gasteiger charge is 2.04. The zero-order valence-electron chi connectivity index (χ0n) is 13.1. The van der Waals surface area contributed by atoms with E-state index in [0.29, 0.717) is 18.0 Å². The molecule has 2 aromatic rings. The number of aliphatic hydroxyl groups excluding tert-OH is 1. The summed E-state index contributed by atoms with van der Waals surface area (Å²) in [6, 6.07) is 14.2. The van der Waals surface area contributed by atoms with Gasteiger partial charge in [0, 0.05) is 5.69 Å². The van der Waals surface area contributed by atoms with Crippen molar-refractivity contribution >= 4 is 11.6 Å². The molecular weight excluding hydrogens is 294 g/mol. The lowest BCUT2D eigenvalue weighted by Gasteiger charge is -2.09. The van der Waals surface area contributed by atoms with E-state index < -0.39 is 0 Å². The second kappa shape index (κ2) is 8.80. The van der Waals surface area contributed by atoms with Gasteiger partial charge in [0.15, 0.2) is 6.61 Å². The summed E-state index contributed by atoms with van der Waals surface area (Å²) in [5.41, 5.74) is 1.37. The Hall–Kier alpha value is -2.53. The third-order valence-electron chi connectivity index (χ3n) is 3.06. The predicted octanol–water partition coefficient (Wildman–Crippen LogP) is 2.99. The third-order valence-corrected chi connectivity index (χ3v) is 3.06. The lowest BCUT2D eigenvalue weighted by molar-refractivity contribution is -0.118. The van der Waals surface area contributed by atoms with Gasteiger partial charge in [-0.25, -0.2) is 0 Å². The van der Waals surface area contributed by atoms with Crippen LogP contribution in [-0.2, 0) is 11.4 Å². The molecule has 2 aromatic carbocycles. The summed E-state index contributed by atoms with van der Waals surface area (Å²) in [4.78, 5) is 11.9.